The van der Waals surface area contributed by atoms with Crippen molar-refractivity contribution in [2.75, 3.05) is 0 Å². The minimum Gasteiger partial charge on any atom is -0.456 e. The molecule has 0 saturated heterocycles. The molecule has 0 fully saturated rings. The Hall–Kier alpha value is -4.52. The Kier molecular flexibility index (Phi) is 7.24. The number of aryl methyl sites for hydroxylation is 1. The number of aromatic nitrogens is 3. The molecule has 0 radical (unpaired) electrons. The Morgan fingerprint density at radius 3 is 2.29 bits per heavy atom. The number of thiophene rings is 2. The zero-order valence-electron chi connectivity index (χ0n) is 28.5. The Bertz CT molecular complexity index is 2500. The molecule has 6 heteroatoms. The fourth-order valence-corrected chi connectivity index (χ4v) is 9.00. The summed E-state index contributed by atoms with van der Waals surface area (Å²) in [7, 11) is 0. The fourth-order valence-electron chi connectivity index (χ4n) is 6.72. The van der Waals surface area contributed by atoms with Crippen LogP contribution < -0.4 is 4.74 Å². The first-order valence-electron chi connectivity index (χ1n) is 16.5. The van der Waals surface area contributed by atoms with Crippen LogP contribution in [0.15, 0.2) is 97.3 Å². The first-order valence-corrected chi connectivity index (χ1v) is 18.2. The number of fused-ring (bicyclic) bond motifs is 6. The molecule has 8 aromatic rings. The highest BCUT2D eigenvalue weighted by atomic mass is 32.1. The van der Waals surface area contributed by atoms with Gasteiger partial charge in [0.1, 0.15) is 17.3 Å². The molecular formula is C42H39N3OS2. The number of pyridine rings is 2. The summed E-state index contributed by atoms with van der Waals surface area (Å²) in [5, 5.41) is 4.93. The first kappa shape index (κ1) is 30.8. The summed E-state index contributed by atoms with van der Waals surface area (Å²) in [6, 6.07) is 30.5. The lowest BCUT2D eigenvalue weighted by atomic mass is 9.88. The lowest BCUT2D eigenvalue weighted by Gasteiger charge is -2.20. The zero-order chi connectivity index (χ0) is 33.4. The van der Waals surface area contributed by atoms with E-state index >= 15 is 0 Å². The van der Waals surface area contributed by atoms with Crippen LogP contribution in [0, 0.1) is 12.3 Å². The fraction of sp³-hybridized carbons (Fsp3) is 0.238. The summed E-state index contributed by atoms with van der Waals surface area (Å²) in [5.74, 6) is 2.57. The molecule has 240 valence electrons. The van der Waals surface area contributed by atoms with Crippen molar-refractivity contribution in [1.82, 2.24) is 14.5 Å². The molecule has 3 aromatic carbocycles. The van der Waals surface area contributed by atoms with E-state index in [1.165, 1.54) is 42.1 Å². The Morgan fingerprint density at radius 2 is 1.48 bits per heavy atom. The van der Waals surface area contributed by atoms with Crippen LogP contribution in [0.1, 0.15) is 57.5 Å². The predicted molar refractivity (Wildman–Crippen MR) is 206 cm³/mol. The summed E-state index contributed by atoms with van der Waals surface area (Å²) in [4.78, 5) is 12.0. The van der Waals surface area contributed by atoms with Gasteiger partial charge >= 0.3 is 0 Å². The number of ether oxygens (including phenoxy) is 1. The van der Waals surface area contributed by atoms with Gasteiger partial charge in [-0.3, -0.25) is 9.55 Å². The maximum absolute atomic E-state index is 6.67. The molecular weight excluding hydrogens is 627 g/mol. The molecule has 0 spiro atoms. The van der Waals surface area contributed by atoms with Crippen molar-refractivity contribution in [3.63, 3.8) is 0 Å². The van der Waals surface area contributed by atoms with Crippen LogP contribution in [0.4, 0.5) is 0 Å². The maximum atomic E-state index is 6.67. The molecule has 0 aliphatic rings. The molecule has 8 rings (SSSR count). The van der Waals surface area contributed by atoms with Crippen LogP contribution in [0.2, 0.25) is 0 Å². The average Bonchev–Trinajstić information content (AvgIpc) is 3.70. The highest BCUT2D eigenvalue weighted by Gasteiger charge is 2.20. The molecule has 0 amide bonds. The van der Waals surface area contributed by atoms with E-state index in [1.54, 1.807) is 11.3 Å². The second kappa shape index (κ2) is 11.3. The molecule has 0 saturated carbocycles. The highest BCUT2D eigenvalue weighted by molar-refractivity contribution is 7.26. The van der Waals surface area contributed by atoms with Crippen molar-refractivity contribution in [3.8, 4) is 27.9 Å². The molecule has 0 atom stereocenters. The summed E-state index contributed by atoms with van der Waals surface area (Å²) >= 11 is 3.58. The summed E-state index contributed by atoms with van der Waals surface area (Å²) < 4.78 is 11.5. The van der Waals surface area contributed by atoms with E-state index in [4.69, 9.17) is 14.7 Å². The van der Waals surface area contributed by atoms with Crippen LogP contribution in [0.25, 0.3) is 58.4 Å². The molecule has 5 heterocycles. The second-order valence-electron chi connectivity index (χ2n) is 15.0. The zero-order valence-corrected chi connectivity index (χ0v) is 30.1. The minimum atomic E-state index is 0.0170. The van der Waals surface area contributed by atoms with Crippen LogP contribution in [-0.2, 0) is 11.8 Å². The van der Waals surface area contributed by atoms with Gasteiger partial charge in [-0.15, -0.1) is 22.7 Å². The number of hydrogen-bond donors (Lipinski definition) is 0. The Morgan fingerprint density at radius 1 is 0.708 bits per heavy atom. The van der Waals surface area contributed by atoms with Gasteiger partial charge in [0.2, 0.25) is 0 Å². The lowest BCUT2D eigenvalue weighted by molar-refractivity contribution is 0.411. The van der Waals surface area contributed by atoms with Gasteiger partial charge in [-0.1, -0.05) is 71.9 Å². The van der Waals surface area contributed by atoms with E-state index in [1.807, 2.05) is 23.7 Å². The first-order chi connectivity index (χ1) is 22.9. The van der Waals surface area contributed by atoms with Gasteiger partial charge < -0.3 is 4.74 Å². The van der Waals surface area contributed by atoms with Crippen molar-refractivity contribution >= 4 is 64.7 Å². The predicted octanol–water partition coefficient (Wildman–Crippen LogP) is 12.7. The van der Waals surface area contributed by atoms with Crippen molar-refractivity contribution in [1.29, 1.82) is 0 Å². The van der Waals surface area contributed by atoms with Gasteiger partial charge in [0.15, 0.2) is 0 Å². The van der Waals surface area contributed by atoms with E-state index in [9.17, 15) is 0 Å². The summed E-state index contributed by atoms with van der Waals surface area (Å²) in [5.41, 5.74) is 6.12. The third kappa shape index (κ3) is 5.47. The largest absolute Gasteiger partial charge is 0.456 e. The van der Waals surface area contributed by atoms with Gasteiger partial charge in [-0.2, -0.15) is 0 Å². The molecule has 5 aromatic heterocycles. The molecule has 0 aliphatic carbocycles. The third-order valence-electron chi connectivity index (χ3n) is 9.01. The van der Waals surface area contributed by atoms with Gasteiger partial charge in [0.25, 0.3) is 0 Å². The third-order valence-corrected chi connectivity index (χ3v) is 11.2. The van der Waals surface area contributed by atoms with E-state index in [0.717, 1.165) is 50.2 Å². The number of benzene rings is 3. The van der Waals surface area contributed by atoms with Gasteiger partial charge in [-0.25, -0.2) is 4.98 Å². The van der Waals surface area contributed by atoms with Crippen LogP contribution in [0.3, 0.4) is 0 Å². The summed E-state index contributed by atoms with van der Waals surface area (Å²) in [6.07, 6.45) is 4.92. The van der Waals surface area contributed by atoms with Gasteiger partial charge in [0.05, 0.1) is 26.3 Å². The second-order valence-corrected chi connectivity index (χ2v) is 17.3. The number of rotatable bonds is 5. The lowest BCUT2D eigenvalue weighted by Crippen LogP contribution is -2.12. The van der Waals surface area contributed by atoms with Crippen LogP contribution in [-0.4, -0.2) is 14.5 Å². The van der Waals surface area contributed by atoms with Gasteiger partial charge in [0, 0.05) is 55.6 Å². The number of nitrogens with zero attached hydrogens (tertiary/aromatic N) is 3. The minimum absolute atomic E-state index is 0.0170. The van der Waals surface area contributed by atoms with Gasteiger partial charge in [-0.05, 0) is 77.8 Å². The normalized spacial score (nSPS) is 12.6. The molecule has 0 N–H and O–H groups in total. The molecule has 0 aliphatic heterocycles. The highest BCUT2D eigenvalue weighted by Crippen LogP contribution is 2.44. The molecule has 0 bridgehead atoms. The van der Waals surface area contributed by atoms with E-state index in [-0.39, 0.29) is 10.8 Å². The van der Waals surface area contributed by atoms with Crippen molar-refractivity contribution in [2.24, 2.45) is 5.41 Å². The monoisotopic (exact) mass is 665 g/mol. The van der Waals surface area contributed by atoms with Crippen LogP contribution in [0.5, 0.6) is 11.5 Å². The standard InChI is InChI=1S/C42H39N3OS2/c1-25-35(23-37(47-25)39-40-32(17-19-44-39)31-14-12-26(20-36(31)48-40)24-41(2,3)4)46-28-13-15-30-29-10-8-9-11-33(29)45(34(30)22-28)38-21-27(16-18-43-38)42(5,6)7/h8-23H,24H2,1-7H3. The maximum Gasteiger partial charge on any atom is 0.141 e. The number of hydrogen-bond acceptors (Lipinski definition) is 5. The summed E-state index contributed by atoms with van der Waals surface area (Å²) in [6.45, 7) is 15.7. The number of para-hydroxylation sites is 1. The molecule has 4 nitrogen and oxygen atoms in total. The smallest absolute Gasteiger partial charge is 0.141 e. The van der Waals surface area contributed by atoms with Crippen molar-refractivity contribution in [2.45, 2.75) is 60.3 Å². The van der Waals surface area contributed by atoms with Crippen molar-refractivity contribution in [3.05, 3.63) is 113 Å². The topological polar surface area (TPSA) is 39.9 Å². The molecule has 48 heavy (non-hydrogen) atoms. The van der Waals surface area contributed by atoms with Crippen LogP contribution >= 0.6 is 22.7 Å². The Labute approximate surface area is 289 Å². The van der Waals surface area contributed by atoms with E-state index in [0.29, 0.717) is 0 Å². The Balaban J connectivity index is 1.19. The molecule has 0 unspecified atom stereocenters. The average molecular weight is 666 g/mol. The van der Waals surface area contributed by atoms with E-state index in [2.05, 4.69) is 138 Å². The quantitative estimate of drug-likeness (QED) is 0.184. The van der Waals surface area contributed by atoms with E-state index < -0.39 is 0 Å². The SMILES string of the molecule is Cc1sc(-c2nccc3c2sc2cc(CC(C)(C)C)ccc23)cc1Oc1ccc2c3ccccc3n(-c3cc(C(C)(C)C)ccn3)c2c1. The van der Waals surface area contributed by atoms with Crippen molar-refractivity contribution < 1.29 is 4.74 Å².